The van der Waals surface area contributed by atoms with Crippen LogP contribution in [0.4, 0.5) is 0 Å². The highest BCUT2D eigenvalue weighted by molar-refractivity contribution is 5.83. The second-order valence-corrected chi connectivity index (χ2v) is 8.78. The smallest absolute Gasteiger partial charge is 0.177 e. The number of aromatic nitrogens is 4. The van der Waals surface area contributed by atoms with Crippen molar-refractivity contribution in [3.05, 3.63) is 130 Å². The molecule has 0 amide bonds. The Bertz CT molecular complexity index is 1870. The number of hydrogen-bond acceptors (Lipinski definition) is 8. The summed E-state index contributed by atoms with van der Waals surface area (Å²) in [6, 6.07) is 34.1. The van der Waals surface area contributed by atoms with Gasteiger partial charge >= 0.3 is 0 Å². The molecule has 0 aliphatic carbocycles. The lowest BCUT2D eigenvalue weighted by Gasteiger charge is -2.08. The number of rotatable bonds is 6. The van der Waals surface area contributed by atoms with Crippen LogP contribution < -0.4 is 0 Å². The molecule has 3 aromatic carbocycles. The molecule has 0 radical (unpaired) electrons. The van der Waals surface area contributed by atoms with Gasteiger partial charge in [-0.1, -0.05) is 97.1 Å². The van der Waals surface area contributed by atoms with Crippen LogP contribution >= 0.6 is 0 Å². The lowest BCUT2D eigenvalue weighted by molar-refractivity contribution is 1.12. The topological polar surface area (TPSA) is 147 Å². The van der Waals surface area contributed by atoms with Crippen molar-refractivity contribution in [2.75, 3.05) is 0 Å². The highest BCUT2D eigenvalue weighted by atomic mass is 14.9. The van der Waals surface area contributed by atoms with Crippen LogP contribution in [-0.2, 0) is 0 Å². The summed E-state index contributed by atoms with van der Waals surface area (Å²) < 4.78 is 0. The van der Waals surface area contributed by atoms with Crippen molar-refractivity contribution in [2.45, 2.75) is 0 Å². The monoisotopic (exact) mass is 538 g/mol. The molecule has 0 saturated heterocycles. The van der Waals surface area contributed by atoms with Crippen LogP contribution in [0.15, 0.2) is 84.9 Å². The zero-order valence-electron chi connectivity index (χ0n) is 22.0. The minimum atomic E-state index is -0.0499. The van der Waals surface area contributed by atoms with Crippen molar-refractivity contribution in [1.29, 1.82) is 21.0 Å². The first-order chi connectivity index (χ1) is 20.6. The van der Waals surface area contributed by atoms with Gasteiger partial charge in [0.15, 0.2) is 22.8 Å². The van der Waals surface area contributed by atoms with Gasteiger partial charge in [-0.3, -0.25) is 0 Å². The van der Waals surface area contributed by atoms with E-state index in [-0.39, 0.29) is 22.8 Å². The van der Waals surface area contributed by atoms with E-state index in [0.717, 1.165) is 22.3 Å². The highest BCUT2D eigenvalue weighted by Crippen LogP contribution is 2.26. The molecule has 0 spiro atoms. The molecular weight excluding hydrogens is 520 g/mol. The maximum absolute atomic E-state index is 9.53. The van der Waals surface area contributed by atoms with E-state index in [1.54, 1.807) is 12.2 Å². The fraction of sp³-hybridized carbons (Fsp3) is 0. The Morgan fingerprint density at radius 1 is 0.405 bits per heavy atom. The molecule has 8 nitrogen and oxygen atoms in total. The minimum absolute atomic E-state index is 0.0358. The van der Waals surface area contributed by atoms with Gasteiger partial charge < -0.3 is 0 Å². The standard InChI is InChI=1S/C34H18N8/c35-19-29-31(21-37)41-33(25-11-3-1-4-12-25)27(39-29)17-15-23-9-7-8-10-24(23)16-18-28-34(26-13-5-2-6-14-26)42-32(22-38)30(20-36)40-28/h1-18H/b17-15-,18-16+. The lowest BCUT2D eigenvalue weighted by atomic mass is 10.0. The summed E-state index contributed by atoms with van der Waals surface area (Å²) in [6.45, 7) is 0. The van der Waals surface area contributed by atoms with E-state index in [1.165, 1.54) is 0 Å². The maximum atomic E-state index is 9.53. The summed E-state index contributed by atoms with van der Waals surface area (Å²) in [4.78, 5) is 17.7. The van der Waals surface area contributed by atoms with Crippen molar-refractivity contribution in [3.63, 3.8) is 0 Å². The van der Waals surface area contributed by atoms with E-state index in [1.807, 2.05) is 121 Å². The summed E-state index contributed by atoms with van der Waals surface area (Å²) in [6.07, 6.45) is 7.22. The van der Waals surface area contributed by atoms with E-state index in [0.29, 0.717) is 22.8 Å². The number of nitriles is 4. The fourth-order valence-electron chi connectivity index (χ4n) is 4.21. The molecule has 2 heterocycles. The average Bonchev–Trinajstić information content (AvgIpc) is 3.06. The van der Waals surface area contributed by atoms with Gasteiger partial charge in [-0.05, 0) is 23.3 Å². The molecular formula is C34H18N8. The molecule has 5 aromatic rings. The zero-order chi connectivity index (χ0) is 29.3. The van der Waals surface area contributed by atoms with Crippen LogP contribution in [0.5, 0.6) is 0 Å². The van der Waals surface area contributed by atoms with E-state index in [9.17, 15) is 21.0 Å². The van der Waals surface area contributed by atoms with Gasteiger partial charge in [0.05, 0.1) is 22.8 Å². The van der Waals surface area contributed by atoms with E-state index in [4.69, 9.17) is 0 Å². The molecule has 0 aliphatic heterocycles. The van der Waals surface area contributed by atoms with Crippen LogP contribution in [0, 0.1) is 45.3 Å². The van der Waals surface area contributed by atoms with E-state index in [2.05, 4.69) is 19.9 Å². The van der Waals surface area contributed by atoms with Crippen LogP contribution in [0.3, 0.4) is 0 Å². The molecule has 194 valence electrons. The van der Waals surface area contributed by atoms with Crippen molar-refractivity contribution in [3.8, 4) is 46.8 Å². The van der Waals surface area contributed by atoms with Gasteiger partial charge in [-0.15, -0.1) is 0 Å². The molecule has 5 rings (SSSR count). The van der Waals surface area contributed by atoms with E-state index < -0.39 is 0 Å². The van der Waals surface area contributed by atoms with Crippen molar-refractivity contribution >= 4 is 24.3 Å². The molecule has 2 aromatic heterocycles. The normalized spacial score (nSPS) is 10.6. The predicted molar refractivity (Wildman–Crippen MR) is 158 cm³/mol. The molecule has 42 heavy (non-hydrogen) atoms. The van der Waals surface area contributed by atoms with Crippen molar-refractivity contribution in [1.82, 2.24) is 19.9 Å². The predicted octanol–water partition coefficient (Wildman–Crippen LogP) is 6.43. The van der Waals surface area contributed by atoms with Crippen molar-refractivity contribution in [2.24, 2.45) is 0 Å². The molecule has 0 bridgehead atoms. The number of nitrogens with zero attached hydrogens (tertiary/aromatic N) is 8. The Labute approximate surface area is 242 Å². The van der Waals surface area contributed by atoms with Gasteiger partial charge in [-0.2, -0.15) is 21.0 Å². The highest BCUT2D eigenvalue weighted by Gasteiger charge is 2.15. The third-order valence-electron chi connectivity index (χ3n) is 6.20. The molecule has 8 heteroatoms. The van der Waals surface area contributed by atoms with Crippen LogP contribution in [0.25, 0.3) is 46.8 Å². The second-order valence-electron chi connectivity index (χ2n) is 8.78. The Hall–Kier alpha value is -6.74. The Morgan fingerprint density at radius 3 is 1.10 bits per heavy atom. The summed E-state index contributed by atoms with van der Waals surface area (Å²) in [5, 5.41) is 38.0. The summed E-state index contributed by atoms with van der Waals surface area (Å²) in [7, 11) is 0. The fourth-order valence-corrected chi connectivity index (χ4v) is 4.21. The molecule has 0 saturated carbocycles. The molecule has 0 fully saturated rings. The number of benzene rings is 3. The first-order valence-electron chi connectivity index (χ1n) is 12.7. The summed E-state index contributed by atoms with van der Waals surface area (Å²) in [5.41, 5.74) is 4.88. The summed E-state index contributed by atoms with van der Waals surface area (Å²) >= 11 is 0. The Morgan fingerprint density at radius 2 is 0.738 bits per heavy atom. The van der Waals surface area contributed by atoms with Gasteiger partial charge in [0.2, 0.25) is 0 Å². The minimum Gasteiger partial charge on any atom is -0.232 e. The lowest BCUT2D eigenvalue weighted by Crippen LogP contribution is -2.01. The van der Waals surface area contributed by atoms with Gasteiger partial charge in [0, 0.05) is 11.1 Å². The van der Waals surface area contributed by atoms with Crippen LogP contribution in [0.2, 0.25) is 0 Å². The Kier molecular flexibility index (Phi) is 7.93. The third kappa shape index (κ3) is 5.65. The van der Waals surface area contributed by atoms with Crippen LogP contribution in [0.1, 0.15) is 45.3 Å². The molecule has 0 N–H and O–H groups in total. The van der Waals surface area contributed by atoms with Crippen LogP contribution in [-0.4, -0.2) is 19.9 Å². The van der Waals surface area contributed by atoms with Gasteiger partial charge in [-0.25, -0.2) is 19.9 Å². The molecule has 0 atom stereocenters. The maximum Gasteiger partial charge on any atom is 0.177 e. The molecule has 0 unspecified atom stereocenters. The average molecular weight is 539 g/mol. The first-order valence-corrected chi connectivity index (χ1v) is 12.7. The zero-order valence-corrected chi connectivity index (χ0v) is 22.0. The number of hydrogen-bond donors (Lipinski definition) is 0. The van der Waals surface area contributed by atoms with Crippen molar-refractivity contribution < 1.29 is 0 Å². The largest absolute Gasteiger partial charge is 0.232 e. The first kappa shape index (κ1) is 26.9. The SMILES string of the molecule is N#Cc1nc(/C=C\c2ccccc2/C=C/c2nc(C#N)c(C#N)nc2-c2ccccc2)c(-c2ccccc2)nc1C#N. The van der Waals surface area contributed by atoms with Gasteiger partial charge in [0.1, 0.15) is 24.3 Å². The quantitative estimate of drug-likeness (QED) is 0.240. The third-order valence-corrected chi connectivity index (χ3v) is 6.20. The van der Waals surface area contributed by atoms with E-state index >= 15 is 0 Å². The molecule has 0 aliphatic rings. The Balaban J connectivity index is 1.57. The van der Waals surface area contributed by atoms with Gasteiger partial charge in [0.25, 0.3) is 0 Å². The second kappa shape index (κ2) is 12.4. The summed E-state index contributed by atoms with van der Waals surface area (Å²) in [5.74, 6) is 0.